The highest BCUT2D eigenvalue weighted by Gasteiger charge is 2.28. The smallest absolute Gasteiger partial charge is 0.134 e. The number of benzene rings is 7. The number of hydrogen-bond acceptors (Lipinski definition) is 4. The molecule has 1 aliphatic heterocycles. The Balaban J connectivity index is 1.26. The number of aliphatic imine (C=N–C) groups is 1. The summed E-state index contributed by atoms with van der Waals surface area (Å²) in [6.45, 7) is 0. The van der Waals surface area contributed by atoms with E-state index in [4.69, 9.17) is 4.99 Å². The lowest BCUT2D eigenvalue weighted by Gasteiger charge is -2.26. The second-order valence-corrected chi connectivity index (χ2v) is 13.7. The van der Waals surface area contributed by atoms with Crippen LogP contribution in [0.1, 0.15) is 22.0 Å². The molecule has 3 heterocycles. The molecule has 4 heteroatoms. The number of rotatable bonds is 4. The highest BCUT2D eigenvalue weighted by atomic mass is 32.1. The summed E-state index contributed by atoms with van der Waals surface area (Å²) in [5, 5.41) is 12.4. The second kappa shape index (κ2) is 11.3. The fraction of sp³-hybridized carbons (Fsp3) is 0.0222. The first-order valence-electron chi connectivity index (χ1n) is 16.6. The first-order valence-corrected chi connectivity index (χ1v) is 17.4. The molecule has 0 amide bonds. The summed E-state index contributed by atoms with van der Waals surface area (Å²) in [6.07, 6.45) is 3.94. The average Bonchev–Trinajstić information content (AvgIpc) is 3.56. The standard InChI is InChI=1S/C45H29N3S/c1-2-12-28(13-3-1)42-44-43(38-20-10-11-21-41(38)49-44)48-45(47-42)33-23-31(22-32(24-33)40-27-46-26-30-15-5-7-17-35(30)40)39-25-29-14-4-6-16-34(29)36-18-8-9-19-37(36)39/h1-27,42H,(H,47,48). The number of thiophene rings is 1. The molecule has 1 atom stereocenters. The van der Waals surface area contributed by atoms with Crippen LogP contribution in [0.2, 0.25) is 0 Å². The largest absolute Gasteiger partial charge is 0.358 e. The van der Waals surface area contributed by atoms with Gasteiger partial charge in [-0.15, -0.1) is 11.3 Å². The highest BCUT2D eigenvalue weighted by molar-refractivity contribution is 7.19. The lowest BCUT2D eigenvalue weighted by molar-refractivity contribution is 0.766. The maximum Gasteiger partial charge on any atom is 0.134 e. The quantitative estimate of drug-likeness (QED) is 0.194. The Morgan fingerprint density at radius 1 is 0.490 bits per heavy atom. The van der Waals surface area contributed by atoms with Crippen molar-refractivity contribution in [2.75, 3.05) is 0 Å². The van der Waals surface area contributed by atoms with Crippen molar-refractivity contribution in [1.82, 2.24) is 10.3 Å². The Morgan fingerprint density at radius 3 is 1.96 bits per heavy atom. The van der Waals surface area contributed by atoms with Gasteiger partial charge in [-0.1, -0.05) is 121 Å². The minimum absolute atomic E-state index is 0.0195. The summed E-state index contributed by atoms with van der Waals surface area (Å²) < 4.78 is 1.25. The molecule has 3 nitrogen and oxygen atoms in total. The monoisotopic (exact) mass is 643 g/mol. The van der Waals surface area contributed by atoms with Gasteiger partial charge in [-0.3, -0.25) is 4.98 Å². The lowest BCUT2D eigenvalue weighted by Crippen LogP contribution is -2.32. The van der Waals surface area contributed by atoms with Gasteiger partial charge in [0, 0.05) is 39.0 Å². The van der Waals surface area contributed by atoms with Crippen molar-refractivity contribution in [1.29, 1.82) is 0 Å². The van der Waals surface area contributed by atoms with Crippen LogP contribution in [0.15, 0.2) is 169 Å². The van der Waals surface area contributed by atoms with Gasteiger partial charge in [0.25, 0.3) is 0 Å². The van der Waals surface area contributed by atoms with Crippen LogP contribution in [-0.2, 0) is 0 Å². The summed E-state index contributed by atoms with van der Waals surface area (Å²) in [4.78, 5) is 11.4. The molecule has 1 aliphatic rings. The van der Waals surface area contributed by atoms with Crippen LogP contribution in [0.25, 0.3) is 64.7 Å². The van der Waals surface area contributed by atoms with E-state index in [0.717, 1.165) is 39.2 Å². The molecule has 49 heavy (non-hydrogen) atoms. The third-order valence-electron chi connectivity index (χ3n) is 9.76. The zero-order valence-electron chi connectivity index (χ0n) is 26.5. The van der Waals surface area contributed by atoms with E-state index >= 15 is 0 Å². The van der Waals surface area contributed by atoms with Gasteiger partial charge >= 0.3 is 0 Å². The summed E-state index contributed by atoms with van der Waals surface area (Å²) in [7, 11) is 0. The van der Waals surface area contributed by atoms with Gasteiger partial charge in [0.2, 0.25) is 0 Å². The van der Waals surface area contributed by atoms with Gasteiger partial charge in [-0.25, -0.2) is 4.99 Å². The molecule has 0 spiro atoms. The van der Waals surface area contributed by atoms with E-state index in [-0.39, 0.29) is 6.04 Å². The second-order valence-electron chi connectivity index (χ2n) is 12.7. The Labute approximate surface area is 287 Å². The maximum absolute atomic E-state index is 5.42. The van der Waals surface area contributed by atoms with Crippen molar-refractivity contribution in [2.24, 2.45) is 4.99 Å². The fourth-order valence-corrected chi connectivity index (χ4v) is 8.67. The van der Waals surface area contributed by atoms with E-state index in [2.05, 4.69) is 162 Å². The first-order chi connectivity index (χ1) is 24.3. The fourth-order valence-electron chi connectivity index (χ4n) is 7.45. The number of nitrogens with zero attached hydrogens (tertiary/aromatic N) is 2. The summed E-state index contributed by atoms with van der Waals surface area (Å²) >= 11 is 1.83. The van der Waals surface area contributed by atoms with Gasteiger partial charge in [-0.05, 0) is 79.5 Å². The number of fused-ring (bicyclic) bond motifs is 7. The molecule has 0 bridgehead atoms. The molecule has 9 aromatic rings. The van der Waals surface area contributed by atoms with E-state index in [9.17, 15) is 0 Å². The Bertz CT molecular complexity index is 2750. The van der Waals surface area contributed by atoms with Gasteiger partial charge < -0.3 is 5.32 Å². The maximum atomic E-state index is 5.42. The Hall–Kier alpha value is -6.10. The molecule has 2 aromatic heterocycles. The van der Waals surface area contributed by atoms with Crippen LogP contribution in [0.4, 0.5) is 5.69 Å². The molecule has 0 radical (unpaired) electrons. The predicted octanol–water partition coefficient (Wildman–Crippen LogP) is 11.9. The third-order valence-corrected chi connectivity index (χ3v) is 11.0. The number of amidine groups is 1. The van der Waals surface area contributed by atoms with Crippen LogP contribution >= 0.6 is 11.3 Å². The van der Waals surface area contributed by atoms with Gasteiger partial charge in [0.1, 0.15) is 5.84 Å². The molecule has 0 fully saturated rings. The summed E-state index contributed by atoms with van der Waals surface area (Å²) in [6, 6.07) is 54.5. The normalized spacial score (nSPS) is 14.2. The average molecular weight is 644 g/mol. The number of nitrogens with one attached hydrogen (secondary N) is 1. The molecule has 10 rings (SSSR count). The number of aromatic nitrogens is 1. The van der Waals surface area contributed by atoms with E-state index in [1.807, 2.05) is 23.7 Å². The molecule has 0 saturated heterocycles. The summed E-state index contributed by atoms with van der Waals surface area (Å²) in [5.41, 5.74) is 7.86. The van der Waals surface area contributed by atoms with Crippen molar-refractivity contribution in [2.45, 2.75) is 6.04 Å². The molecule has 0 saturated carbocycles. The topological polar surface area (TPSA) is 37.3 Å². The van der Waals surface area contributed by atoms with E-state index in [1.165, 1.54) is 53.0 Å². The van der Waals surface area contributed by atoms with Gasteiger partial charge in [0.05, 0.1) is 16.6 Å². The van der Waals surface area contributed by atoms with Crippen LogP contribution in [0, 0.1) is 0 Å². The van der Waals surface area contributed by atoms with Gasteiger partial charge in [0.15, 0.2) is 0 Å². The zero-order chi connectivity index (χ0) is 32.3. The minimum Gasteiger partial charge on any atom is -0.358 e. The van der Waals surface area contributed by atoms with Crippen molar-refractivity contribution < 1.29 is 0 Å². The first kappa shape index (κ1) is 28.0. The van der Waals surface area contributed by atoms with E-state index in [0.29, 0.717) is 0 Å². The molecule has 7 aromatic carbocycles. The van der Waals surface area contributed by atoms with Crippen molar-refractivity contribution in [3.8, 4) is 22.3 Å². The highest BCUT2D eigenvalue weighted by Crippen LogP contribution is 2.46. The van der Waals surface area contributed by atoms with Crippen LogP contribution in [-0.4, -0.2) is 10.8 Å². The Morgan fingerprint density at radius 2 is 1.12 bits per heavy atom. The molecule has 1 N–H and O–H groups in total. The predicted molar refractivity (Wildman–Crippen MR) is 207 cm³/mol. The van der Waals surface area contributed by atoms with Crippen molar-refractivity contribution in [3.63, 3.8) is 0 Å². The van der Waals surface area contributed by atoms with Crippen LogP contribution < -0.4 is 5.32 Å². The van der Waals surface area contributed by atoms with Crippen LogP contribution in [0.5, 0.6) is 0 Å². The molecule has 230 valence electrons. The summed E-state index contributed by atoms with van der Waals surface area (Å²) in [5.74, 6) is 0.867. The van der Waals surface area contributed by atoms with Gasteiger partial charge in [-0.2, -0.15) is 0 Å². The van der Waals surface area contributed by atoms with Crippen molar-refractivity contribution >= 4 is 65.3 Å². The molecular weight excluding hydrogens is 615 g/mol. The molecule has 1 unspecified atom stereocenters. The molecule has 0 aliphatic carbocycles. The van der Waals surface area contributed by atoms with E-state index < -0.39 is 0 Å². The van der Waals surface area contributed by atoms with E-state index in [1.54, 1.807) is 0 Å². The number of hydrogen-bond donors (Lipinski definition) is 1. The third kappa shape index (κ3) is 4.64. The SMILES string of the molecule is c1ccc(C2NC(c3cc(-c4cncc5ccccc45)cc(-c4cc5ccccc5c5ccccc45)c3)=Nc3c2sc2ccccc32)cc1. The van der Waals surface area contributed by atoms with Crippen molar-refractivity contribution in [3.05, 3.63) is 180 Å². The Kier molecular flexibility index (Phi) is 6.42. The minimum atomic E-state index is -0.0195. The molecular formula is C45H29N3S. The zero-order valence-corrected chi connectivity index (χ0v) is 27.3. The van der Waals surface area contributed by atoms with Crippen LogP contribution in [0.3, 0.4) is 0 Å². The lowest BCUT2D eigenvalue weighted by atomic mass is 9.89. The number of pyridine rings is 1.